The van der Waals surface area contributed by atoms with Crippen LogP contribution in [0.15, 0.2) is 28.0 Å². The summed E-state index contributed by atoms with van der Waals surface area (Å²) in [6, 6.07) is 1.16. The van der Waals surface area contributed by atoms with E-state index in [0.717, 1.165) is 6.07 Å². The van der Waals surface area contributed by atoms with Crippen LogP contribution < -0.4 is 138 Å². The third-order valence-corrected chi connectivity index (χ3v) is 1.49. The first-order valence-electron chi connectivity index (χ1n) is 3.23. The maximum absolute atomic E-state index is 11.0. The molecule has 0 saturated heterocycles. The van der Waals surface area contributed by atoms with Crippen molar-refractivity contribution in [1.82, 2.24) is 15.2 Å². The number of aromatic nitrogens is 3. The molecule has 2 aromatic heterocycles. The van der Waals surface area contributed by atoms with E-state index in [0.29, 0.717) is 5.39 Å². The minimum absolute atomic E-state index is 0. The summed E-state index contributed by atoms with van der Waals surface area (Å²) >= 11 is 0. The van der Waals surface area contributed by atoms with E-state index in [1.807, 2.05) is 0 Å². The summed E-state index contributed by atoms with van der Waals surface area (Å²) in [6.45, 7) is 0. The summed E-state index contributed by atoms with van der Waals surface area (Å²) in [6.07, 6.45) is 2.71. The first-order valence-corrected chi connectivity index (χ1v) is 3.23. The van der Waals surface area contributed by atoms with Gasteiger partial charge < -0.3 is 24.8 Å². The van der Waals surface area contributed by atoms with E-state index in [1.165, 1.54) is 12.4 Å². The van der Waals surface area contributed by atoms with E-state index in [4.69, 9.17) is 0 Å². The Morgan fingerprint density at radius 3 is 2.64 bits per heavy atom. The van der Waals surface area contributed by atoms with Crippen molar-refractivity contribution in [3.63, 3.8) is 0 Å². The van der Waals surface area contributed by atoms with Crippen LogP contribution in [-0.4, -0.2) is 5.10 Å². The van der Waals surface area contributed by atoms with Crippen molar-refractivity contribution in [2.24, 2.45) is 0 Å². The zero-order chi connectivity index (χ0) is 8.55. The molecule has 5 nitrogen and oxygen atoms in total. The van der Waals surface area contributed by atoms with Gasteiger partial charge in [-0.2, -0.15) is 6.20 Å². The zero-order valence-electron chi connectivity index (χ0n) is 7.89. The van der Waals surface area contributed by atoms with Gasteiger partial charge in [-0.3, -0.25) is 0 Å². The van der Waals surface area contributed by atoms with Crippen molar-refractivity contribution >= 4 is 10.8 Å². The van der Waals surface area contributed by atoms with Crippen molar-refractivity contribution < 1.29 is 116 Å². The number of hydrogen-bond donors (Lipinski definition) is 0. The molecule has 0 spiro atoms. The minimum atomic E-state index is -0.494. The Kier molecular flexibility index (Phi) is 7.97. The molecule has 7 heteroatoms. The first kappa shape index (κ1) is 15.7. The van der Waals surface area contributed by atoms with Crippen molar-refractivity contribution in [2.45, 2.75) is 0 Å². The van der Waals surface area contributed by atoms with E-state index in [1.54, 1.807) is 0 Å². The average molecular weight is 332 g/mol. The summed E-state index contributed by atoms with van der Waals surface area (Å²) in [5.74, 6) is 0. The van der Waals surface area contributed by atoms with Crippen LogP contribution >= 0.6 is 0 Å². The SMILES string of the molecule is O=c1cc2c(=O)[n-]ncc2c[n-]1.[Rb+].[Rb+]. The van der Waals surface area contributed by atoms with Gasteiger partial charge in [-0.1, -0.05) is 0 Å². The van der Waals surface area contributed by atoms with Crippen LogP contribution in [0.25, 0.3) is 10.8 Å². The number of rotatable bonds is 0. The van der Waals surface area contributed by atoms with Gasteiger partial charge in [0.1, 0.15) is 0 Å². The standard InChI is InChI=1S/C7H5N3O2.2Rb/c11-6-1-5-4(2-8-6)3-9-10-7(5)12;;/h1-3H,(H2,8,9,10,11,12);;/q;2*+1/p-2. The van der Waals surface area contributed by atoms with Gasteiger partial charge in [-0.15, -0.1) is 0 Å². The Morgan fingerprint density at radius 2 is 1.93 bits per heavy atom. The van der Waals surface area contributed by atoms with E-state index >= 15 is 0 Å². The second-order valence-corrected chi connectivity index (χ2v) is 2.26. The maximum Gasteiger partial charge on any atom is 1.00 e. The van der Waals surface area contributed by atoms with Gasteiger partial charge in [0.2, 0.25) is 0 Å². The molecule has 0 bridgehead atoms. The molecule has 0 aliphatic carbocycles. The average Bonchev–Trinajstić information content (AvgIpc) is 2.07. The van der Waals surface area contributed by atoms with Crippen LogP contribution in [0.5, 0.6) is 0 Å². The normalized spacial score (nSPS) is 8.86. The third kappa shape index (κ3) is 3.62. The van der Waals surface area contributed by atoms with Gasteiger partial charge in [-0.05, 0) is 11.5 Å². The third-order valence-electron chi connectivity index (χ3n) is 1.49. The molecule has 14 heavy (non-hydrogen) atoms. The van der Waals surface area contributed by atoms with Crippen molar-refractivity contribution in [3.8, 4) is 0 Å². The van der Waals surface area contributed by atoms with Crippen LogP contribution in [0.3, 0.4) is 0 Å². The summed E-state index contributed by atoms with van der Waals surface area (Å²) in [4.78, 5) is 25.2. The molecule has 0 saturated carbocycles. The predicted octanol–water partition coefficient (Wildman–Crippen LogP) is -7.12. The second kappa shape index (κ2) is 7.11. The van der Waals surface area contributed by atoms with E-state index in [9.17, 15) is 9.59 Å². The molecule has 0 aromatic carbocycles. The molecule has 0 atom stereocenters. The molecule has 2 heterocycles. The molecular formula is C7H3N3O2Rb2. The Hall–Kier alpha value is 1.70. The van der Waals surface area contributed by atoms with Crippen LogP contribution in [0.1, 0.15) is 0 Å². The van der Waals surface area contributed by atoms with Crippen LogP contribution in [0.4, 0.5) is 0 Å². The number of nitrogens with zero attached hydrogens (tertiary/aromatic N) is 3. The van der Waals surface area contributed by atoms with E-state index in [2.05, 4.69) is 15.2 Å². The Morgan fingerprint density at radius 1 is 1.21 bits per heavy atom. The molecule has 2 aromatic rings. The topological polar surface area (TPSA) is 75.2 Å². The van der Waals surface area contributed by atoms with E-state index in [-0.39, 0.29) is 122 Å². The number of fused-ring (bicyclic) bond motifs is 1. The summed E-state index contributed by atoms with van der Waals surface area (Å²) in [7, 11) is 0. The van der Waals surface area contributed by atoms with Crippen molar-refractivity contribution in [2.75, 3.05) is 0 Å². The van der Waals surface area contributed by atoms with Gasteiger partial charge in [0.15, 0.2) is 0 Å². The van der Waals surface area contributed by atoms with Crippen LogP contribution in [0.2, 0.25) is 0 Å². The van der Waals surface area contributed by atoms with Crippen molar-refractivity contribution in [3.05, 3.63) is 39.2 Å². The van der Waals surface area contributed by atoms with Gasteiger partial charge >= 0.3 is 116 Å². The maximum atomic E-state index is 11.0. The largest absolute Gasteiger partial charge is 1.00 e. The quantitative estimate of drug-likeness (QED) is 0.479. The fraction of sp³-hybridized carbons (Fsp3) is 0. The number of pyridine rings is 1. The fourth-order valence-electron chi connectivity index (χ4n) is 0.932. The molecule has 0 fully saturated rings. The molecule has 0 N–H and O–H groups in total. The minimum Gasteiger partial charge on any atom is -0.629 e. The Labute approximate surface area is 177 Å². The second-order valence-electron chi connectivity index (χ2n) is 2.26. The van der Waals surface area contributed by atoms with Gasteiger partial charge in [-0.25, -0.2) is 0 Å². The monoisotopic (exact) mass is 331 g/mol. The molecule has 0 unspecified atom stereocenters. The van der Waals surface area contributed by atoms with Gasteiger partial charge in [0.05, 0.1) is 11.1 Å². The Balaban J connectivity index is 0.000000845. The molecule has 0 radical (unpaired) electrons. The van der Waals surface area contributed by atoms with Crippen molar-refractivity contribution in [1.29, 1.82) is 0 Å². The fourth-order valence-corrected chi connectivity index (χ4v) is 0.932. The van der Waals surface area contributed by atoms with E-state index < -0.39 is 11.1 Å². The molecule has 0 amide bonds. The molecule has 60 valence electrons. The molecule has 2 rings (SSSR count). The molecule has 0 aliphatic rings. The van der Waals surface area contributed by atoms with Gasteiger partial charge in [0.25, 0.3) is 0 Å². The summed E-state index contributed by atoms with van der Waals surface area (Å²) in [5.41, 5.74) is -0.931. The first-order chi connectivity index (χ1) is 5.77. The summed E-state index contributed by atoms with van der Waals surface area (Å²) < 4.78 is 0. The zero-order valence-corrected chi connectivity index (χ0v) is 17.7. The smallest absolute Gasteiger partial charge is 0.629 e. The van der Waals surface area contributed by atoms with Crippen LogP contribution in [0, 0.1) is 0 Å². The molecule has 0 aliphatic heterocycles. The Bertz CT molecular complexity index is 534. The molecular weight excluding hydrogens is 329 g/mol. The van der Waals surface area contributed by atoms with Gasteiger partial charge in [0, 0.05) is 11.6 Å². The van der Waals surface area contributed by atoms with Crippen LogP contribution in [-0.2, 0) is 0 Å². The predicted molar refractivity (Wildman–Crippen MR) is 40.9 cm³/mol. The summed E-state index contributed by atoms with van der Waals surface area (Å²) in [5, 5.41) is 7.52. The number of hydrogen-bond acceptors (Lipinski definition) is 3.